The SMILES string of the molecule is CC(C)c1ccc(CN(C)C(=O)C2(N)C3CCCOC3C2(C)C)cc1. The second-order valence-corrected chi connectivity index (χ2v) is 8.69. The van der Waals surface area contributed by atoms with E-state index in [-0.39, 0.29) is 23.3 Å². The molecule has 1 aromatic rings. The molecule has 1 aliphatic heterocycles. The summed E-state index contributed by atoms with van der Waals surface area (Å²) in [6.07, 6.45) is 2.07. The van der Waals surface area contributed by atoms with Crippen LogP contribution in [-0.2, 0) is 16.1 Å². The van der Waals surface area contributed by atoms with Gasteiger partial charge in [0.15, 0.2) is 0 Å². The van der Waals surface area contributed by atoms with Crippen LogP contribution in [0.2, 0.25) is 0 Å². The van der Waals surface area contributed by atoms with E-state index < -0.39 is 5.54 Å². The Kier molecular flexibility index (Phi) is 4.71. The summed E-state index contributed by atoms with van der Waals surface area (Å²) in [5, 5.41) is 0. The van der Waals surface area contributed by atoms with Crippen LogP contribution < -0.4 is 5.73 Å². The van der Waals surface area contributed by atoms with Crippen molar-refractivity contribution in [1.29, 1.82) is 0 Å². The quantitative estimate of drug-likeness (QED) is 0.912. The first-order valence-corrected chi connectivity index (χ1v) is 9.44. The third-order valence-corrected chi connectivity index (χ3v) is 6.45. The molecular formula is C21H32N2O2. The molecule has 2 fully saturated rings. The molecule has 1 aromatic carbocycles. The number of ether oxygens (including phenoxy) is 1. The van der Waals surface area contributed by atoms with Gasteiger partial charge in [-0.1, -0.05) is 52.0 Å². The van der Waals surface area contributed by atoms with Crippen LogP contribution in [0, 0.1) is 11.3 Å². The van der Waals surface area contributed by atoms with Gasteiger partial charge in [0.2, 0.25) is 5.91 Å². The van der Waals surface area contributed by atoms with Gasteiger partial charge in [0.25, 0.3) is 0 Å². The molecule has 2 aliphatic rings. The Morgan fingerprint density at radius 1 is 1.32 bits per heavy atom. The van der Waals surface area contributed by atoms with Crippen molar-refractivity contribution in [3.8, 4) is 0 Å². The maximum atomic E-state index is 13.2. The average Bonchev–Trinajstić information content (AvgIpc) is 2.60. The Bertz CT molecular complexity index is 638. The van der Waals surface area contributed by atoms with Gasteiger partial charge in [-0.2, -0.15) is 0 Å². The number of nitrogens with two attached hydrogens (primary N) is 1. The third kappa shape index (κ3) is 2.80. The number of carbonyl (C=O) groups is 1. The number of carbonyl (C=O) groups excluding carboxylic acids is 1. The van der Waals surface area contributed by atoms with Crippen LogP contribution in [0.25, 0.3) is 0 Å². The van der Waals surface area contributed by atoms with E-state index in [4.69, 9.17) is 10.5 Å². The van der Waals surface area contributed by atoms with Gasteiger partial charge in [0, 0.05) is 31.5 Å². The first-order chi connectivity index (χ1) is 11.7. The van der Waals surface area contributed by atoms with Gasteiger partial charge in [-0.15, -0.1) is 0 Å². The molecule has 1 saturated heterocycles. The lowest BCUT2D eigenvalue weighted by atomic mass is 9.46. The number of nitrogens with zero attached hydrogens (tertiary/aromatic N) is 1. The fourth-order valence-electron chi connectivity index (χ4n) is 4.68. The molecule has 1 saturated carbocycles. The summed E-state index contributed by atoms with van der Waals surface area (Å²) in [6.45, 7) is 9.89. The third-order valence-electron chi connectivity index (χ3n) is 6.45. The van der Waals surface area contributed by atoms with Gasteiger partial charge in [0.05, 0.1) is 6.10 Å². The predicted octanol–water partition coefficient (Wildman–Crippen LogP) is 3.30. The zero-order valence-corrected chi connectivity index (χ0v) is 16.2. The van der Waals surface area contributed by atoms with Crippen LogP contribution in [0.4, 0.5) is 0 Å². The molecular weight excluding hydrogens is 312 g/mol. The molecule has 1 heterocycles. The fraction of sp³-hybridized carbons (Fsp3) is 0.667. The molecule has 1 aliphatic carbocycles. The highest BCUT2D eigenvalue weighted by Crippen LogP contribution is 2.57. The van der Waals surface area contributed by atoms with Gasteiger partial charge in [-0.3, -0.25) is 4.79 Å². The van der Waals surface area contributed by atoms with Gasteiger partial charge < -0.3 is 15.4 Å². The number of rotatable bonds is 4. The molecule has 1 amide bonds. The number of amides is 1. The van der Waals surface area contributed by atoms with Gasteiger partial charge >= 0.3 is 0 Å². The minimum atomic E-state index is -0.829. The Balaban J connectivity index is 1.73. The van der Waals surface area contributed by atoms with Crippen molar-refractivity contribution in [3.05, 3.63) is 35.4 Å². The second kappa shape index (κ2) is 6.40. The highest BCUT2D eigenvalue weighted by molar-refractivity contribution is 5.89. The molecule has 25 heavy (non-hydrogen) atoms. The molecule has 3 atom stereocenters. The summed E-state index contributed by atoms with van der Waals surface area (Å²) in [4.78, 5) is 15.0. The number of hydrogen-bond donors (Lipinski definition) is 1. The van der Waals surface area contributed by atoms with E-state index in [9.17, 15) is 4.79 Å². The van der Waals surface area contributed by atoms with Crippen molar-refractivity contribution >= 4 is 5.91 Å². The highest BCUT2D eigenvalue weighted by atomic mass is 16.5. The van der Waals surface area contributed by atoms with E-state index in [1.165, 1.54) is 5.56 Å². The summed E-state index contributed by atoms with van der Waals surface area (Å²) in [5.41, 5.74) is 8.02. The fourth-order valence-corrected chi connectivity index (χ4v) is 4.68. The molecule has 4 heteroatoms. The highest BCUT2D eigenvalue weighted by Gasteiger charge is 2.70. The van der Waals surface area contributed by atoms with Crippen LogP contribution in [0.3, 0.4) is 0 Å². The van der Waals surface area contributed by atoms with Crippen LogP contribution in [0.15, 0.2) is 24.3 Å². The zero-order valence-electron chi connectivity index (χ0n) is 16.2. The summed E-state index contributed by atoms with van der Waals surface area (Å²) in [5.74, 6) is 0.687. The molecule has 0 aromatic heterocycles. The lowest BCUT2D eigenvalue weighted by Gasteiger charge is -2.65. The molecule has 0 bridgehead atoms. The van der Waals surface area contributed by atoms with E-state index in [1.54, 1.807) is 4.90 Å². The minimum absolute atomic E-state index is 0.0391. The number of hydrogen-bond acceptors (Lipinski definition) is 3. The lowest BCUT2D eigenvalue weighted by molar-refractivity contribution is -0.229. The number of fused-ring (bicyclic) bond motifs is 1. The zero-order chi connectivity index (χ0) is 18.4. The van der Waals surface area contributed by atoms with Crippen LogP contribution >= 0.6 is 0 Å². The Labute approximate surface area is 151 Å². The van der Waals surface area contributed by atoms with Gasteiger partial charge in [0.1, 0.15) is 5.54 Å². The smallest absolute Gasteiger partial charge is 0.243 e. The van der Waals surface area contributed by atoms with E-state index in [2.05, 4.69) is 52.0 Å². The van der Waals surface area contributed by atoms with Crippen LogP contribution in [-0.4, -0.2) is 36.1 Å². The molecule has 138 valence electrons. The largest absolute Gasteiger partial charge is 0.377 e. The topological polar surface area (TPSA) is 55.6 Å². The molecule has 4 nitrogen and oxygen atoms in total. The number of likely N-dealkylation sites (N-methyl/N-ethyl adjacent to an activating group) is 1. The van der Waals surface area contributed by atoms with Crippen molar-refractivity contribution in [3.63, 3.8) is 0 Å². The Morgan fingerprint density at radius 3 is 2.56 bits per heavy atom. The summed E-state index contributed by atoms with van der Waals surface area (Å²) < 4.78 is 5.92. The summed E-state index contributed by atoms with van der Waals surface area (Å²) in [6, 6.07) is 8.52. The van der Waals surface area contributed by atoms with E-state index >= 15 is 0 Å². The second-order valence-electron chi connectivity index (χ2n) is 8.69. The van der Waals surface area contributed by atoms with Crippen molar-refractivity contribution in [2.75, 3.05) is 13.7 Å². The molecule has 2 N–H and O–H groups in total. The normalized spacial score (nSPS) is 30.5. The van der Waals surface area contributed by atoms with E-state index in [1.807, 2.05) is 7.05 Å². The Hall–Kier alpha value is -1.39. The van der Waals surface area contributed by atoms with Crippen molar-refractivity contribution in [1.82, 2.24) is 4.90 Å². The van der Waals surface area contributed by atoms with E-state index in [0.717, 1.165) is 25.0 Å². The molecule has 3 rings (SSSR count). The first kappa shape index (κ1) is 18.4. The molecule has 0 radical (unpaired) electrons. The van der Waals surface area contributed by atoms with Gasteiger partial charge in [-0.05, 0) is 29.9 Å². The van der Waals surface area contributed by atoms with Crippen LogP contribution in [0.5, 0.6) is 0 Å². The molecule has 0 spiro atoms. The maximum absolute atomic E-state index is 13.2. The summed E-state index contributed by atoms with van der Waals surface area (Å²) >= 11 is 0. The summed E-state index contributed by atoms with van der Waals surface area (Å²) in [7, 11) is 1.86. The minimum Gasteiger partial charge on any atom is -0.377 e. The van der Waals surface area contributed by atoms with E-state index in [0.29, 0.717) is 12.5 Å². The van der Waals surface area contributed by atoms with Gasteiger partial charge in [-0.25, -0.2) is 0 Å². The molecule has 3 unspecified atom stereocenters. The standard InChI is InChI=1S/C21H32N2O2/c1-14(2)16-10-8-15(9-11-16)13-23(5)19(24)21(22)17-7-6-12-25-18(17)20(21,3)4/h8-11,14,17-18H,6-7,12-13,22H2,1-5H3. The lowest BCUT2D eigenvalue weighted by Crippen LogP contribution is -2.82. The van der Waals surface area contributed by atoms with Crippen LogP contribution in [0.1, 0.15) is 57.6 Å². The monoisotopic (exact) mass is 344 g/mol. The first-order valence-electron chi connectivity index (χ1n) is 9.44. The van der Waals surface area contributed by atoms with Crippen molar-refractivity contribution in [2.45, 2.75) is 64.6 Å². The maximum Gasteiger partial charge on any atom is 0.243 e. The Morgan fingerprint density at radius 2 is 1.96 bits per heavy atom. The van der Waals surface area contributed by atoms with Crippen molar-refractivity contribution < 1.29 is 9.53 Å². The number of benzene rings is 1. The van der Waals surface area contributed by atoms with Crippen molar-refractivity contribution in [2.24, 2.45) is 17.1 Å². The average molecular weight is 344 g/mol. The predicted molar refractivity (Wildman–Crippen MR) is 100 cm³/mol.